The predicted molar refractivity (Wildman–Crippen MR) is 124 cm³/mol. The molecular weight excluding hydrogens is 471 g/mol. The lowest BCUT2D eigenvalue weighted by atomic mass is 10.1. The summed E-state index contributed by atoms with van der Waals surface area (Å²) in [6, 6.07) is 9.40. The van der Waals surface area contributed by atoms with E-state index in [1.165, 1.54) is 39.7 Å². The summed E-state index contributed by atoms with van der Waals surface area (Å²) >= 11 is 12.0. The lowest BCUT2D eigenvalue weighted by Gasteiger charge is -2.08. The number of halogens is 2. The van der Waals surface area contributed by atoms with Crippen molar-refractivity contribution in [1.29, 1.82) is 0 Å². The van der Waals surface area contributed by atoms with Crippen LogP contribution in [0, 0.1) is 0 Å². The lowest BCUT2D eigenvalue weighted by Crippen LogP contribution is -2.04. The Labute approximate surface area is 198 Å². The van der Waals surface area contributed by atoms with Crippen LogP contribution in [0.2, 0.25) is 10.0 Å². The molecule has 0 unspecified atom stereocenters. The fourth-order valence-electron chi connectivity index (χ4n) is 3.00. The van der Waals surface area contributed by atoms with Gasteiger partial charge in [-0.15, -0.1) is 0 Å². The first-order valence-electron chi connectivity index (χ1n) is 9.36. The Bertz CT molecular complexity index is 1360. The number of hydrogen-bond donors (Lipinski definition) is 1. The molecule has 0 bridgehead atoms. The molecule has 0 amide bonds. The molecule has 1 N–H and O–H groups in total. The molecule has 0 spiro atoms. The van der Waals surface area contributed by atoms with Crippen LogP contribution in [0.5, 0.6) is 11.5 Å². The number of phenolic OH excluding ortho intramolecular Hbond substituents is 1. The van der Waals surface area contributed by atoms with Crippen molar-refractivity contribution in [3.05, 3.63) is 70.0 Å². The number of benzene rings is 2. The molecule has 0 aliphatic rings. The van der Waals surface area contributed by atoms with Crippen molar-refractivity contribution in [2.24, 2.45) is 0 Å². The lowest BCUT2D eigenvalue weighted by molar-refractivity contribution is 0.0588. The van der Waals surface area contributed by atoms with E-state index in [0.29, 0.717) is 43.2 Å². The molecule has 0 aliphatic heterocycles. The van der Waals surface area contributed by atoms with Crippen molar-refractivity contribution in [2.75, 3.05) is 21.3 Å². The number of aromatic hydroxyl groups is 1. The summed E-state index contributed by atoms with van der Waals surface area (Å²) in [6.07, 6.45) is 3.13. The van der Waals surface area contributed by atoms with Gasteiger partial charge in [0.1, 0.15) is 22.6 Å². The number of rotatable bonds is 3. The summed E-state index contributed by atoms with van der Waals surface area (Å²) in [5.74, 6) is -0.837. The summed E-state index contributed by atoms with van der Waals surface area (Å²) in [4.78, 5) is 31.1. The van der Waals surface area contributed by atoms with Crippen molar-refractivity contribution in [1.82, 2.24) is 9.97 Å². The van der Waals surface area contributed by atoms with Crippen LogP contribution in [-0.2, 0) is 9.47 Å². The Morgan fingerprint density at radius 1 is 0.788 bits per heavy atom. The molecule has 2 heterocycles. The first-order chi connectivity index (χ1) is 15.8. The molecule has 10 heteroatoms. The van der Waals surface area contributed by atoms with Gasteiger partial charge in [0, 0.05) is 35.3 Å². The van der Waals surface area contributed by atoms with Crippen LogP contribution in [0.4, 0.5) is 0 Å². The highest BCUT2D eigenvalue weighted by molar-refractivity contribution is 6.35. The van der Waals surface area contributed by atoms with Gasteiger partial charge in [0.25, 0.3) is 0 Å². The molecule has 33 heavy (non-hydrogen) atoms. The number of carbonyl (C=O) groups is 2. The SMILES string of the molecule is COC(=O)c1cc2c(Cl)ccnc2cc1O.COC(=O)c1cc2c(Cl)ccnc2cc1OC. The van der Waals surface area contributed by atoms with Gasteiger partial charge in [-0.3, -0.25) is 9.97 Å². The third kappa shape index (κ3) is 5.08. The maximum absolute atomic E-state index is 11.6. The van der Waals surface area contributed by atoms with E-state index in [1.807, 2.05) is 0 Å². The van der Waals surface area contributed by atoms with Crippen LogP contribution >= 0.6 is 23.2 Å². The minimum atomic E-state index is -0.612. The molecule has 0 saturated heterocycles. The van der Waals surface area contributed by atoms with Crippen molar-refractivity contribution in [3.8, 4) is 11.5 Å². The van der Waals surface area contributed by atoms with Crippen molar-refractivity contribution >= 4 is 56.9 Å². The van der Waals surface area contributed by atoms with Crippen molar-refractivity contribution in [2.45, 2.75) is 0 Å². The Kier molecular flexibility index (Phi) is 7.52. The number of carbonyl (C=O) groups excluding carboxylic acids is 2. The first kappa shape index (κ1) is 24.0. The highest BCUT2D eigenvalue weighted by Gasteiger charge is 2.16. The number of ether oxygens (including phenoxy) is 3. The fraction of sp³-hybridized carbons (Fsp3) is 0.130. The van der Waals surface area contributed by atoms with Gasteiger partial charge >= 0.3 is 11.9 Å². The Morgan fingerprint density at radius 2 is 1.27 bits per heavy atom. The number of hydrogen-bond acceptors (Lipinski definition) is 8. The van der Waals surface area contributed by atoms with E-state index < -0.39 is 11.9 Å². The third-order valence-electron chi connectivity index (χ3n) is 4.63. The van der Waals surface area contributed by atoms with Crippen LogP contribution in [0.3, 0.4) is 0 Å². The van der Waals surface area contributed by atoms with Gasteiger partial charge in [0.05, 0.1) is 42.4 Å². The normalized spacial score (nSPS) is 10.3. The maximum Gasteiger partial charge on any atom is 0.341 e. The highest BCUT2D eigenvalue weighted by Crippen LogP contribution is 2.30. The number of esters is 2. The Morgan fingerprint density at radius 3 is 1.79 bits per heavy atom. The molecule has 0 fully saturated rings. The molecule has 2 aromatic carbocycles. The summed E-state index contributed by atoms with van der Waals surface area (Å²) in [5, 5.41) is 11.9. The molecule has 4 rings (SSSR count). The molecule has 2 aromatic heterocycles. The van der Waals surface area contributed by atoms with Crippen LogP contribution in [0.15, 0.2) is 48.8 Å². The zero-order valence-electron chi connectivity index (χ0n) is 17.8. The first-order valence-corrected chi connectivity index (χ1v) is 10.1. The monoisotopic (exact) mass is 488 g/mol. The average molecular weight is 489 g/mol. The van der Waals surface area contributed by atoms with E-state index in [9.17, 15) is 14.7 Å². The number of methoxy groups -OCH3 is 3. The van der Waals surface area contributed by atoms with Gasteiger partial charge in [-0.05, 0) is 24.3 Å². The minimum Gasteiger partial charge on any atom is -0.507 e. The van der Waals surface area contributed by atoms with E-state index in [-0.39, 0.29) is 11.3 Å². The topological polar surface area (TPSA) is 108 Å². The molecule has 0 saturated carbocycles. The quantitative estimate of drug-likeness (QED) is 0.398. The second kappa shape index (κ2) is 10.3. The summed E-state index contributed by atoms with van der Waals surface area (Å²) < 4.78 is 14.4. The zero-order valence-corrected chi connectivity index (χ0v) is 19.3. The van der Waals surface area contributed by atoms with E-state index in [2.05, 4.69) is 19.4 Å². The number of pyridine rings is 2. The highest BCUT2D eigenvalue weighted by atomic mass is 35.5. The largest absolute Gasteiger partial charge is 0.507 e. The van der Waals surface area contributed by atoms with Gasteiger partial charge in [-0.25, -0.2) is 9.59 Å². The van der Waals surface area contributed by atoms with E-state index in [0.717, 1.165) is 0 Å². The van der Waals surface area contributed by atoms with Gasteiger partial charge in [0.2, 0.25) is 0 Å². The van der Waals surface area contributed by atoms with E-state index >= 15 is 0 Å². The minimum absolute atomic E-state index is 0.0740. The van der Waals surface area contributed by atoms with E-state index in [4.69, 9.17) is 27.9 Å². The predicted octanol–water partition coefficient (Wildman–Crippen LogP) is 5.06. The van der Waals surface area contributed by atoms with Crippen LogP contribution < -0.4 is 4.74 Å². The smallest absolute Gasteiger partial charge is 0.341 e. The van der Waals surface area contributed by atoms with E-state index in [1.54, 1.807) is 30.5 Å². The molecule has 0 aliphatic carbocycles. The molecule has 170 valence electrons. The molecule has 4 aromatic rings. The Hall–Kier alpha value is -3.62. The standard InChI is InChI=1S/C12H10ClNO3.C11H8ClNO3/c1-16-11-6-10-7(9(13)3-4-14-10)5-8(11)12(15)17-2;1-16-11(15)7-4-6-8(12)2-3-13-9(6)5-10(7)14/h3-6H,1-2H3;2-5,14H,1H3. The van der Waals surface area contributed by atoms with Gasteiger partial charge in [0.15, 0.2) is 0 Å². The average Bonchev–Trinajstić information content (AvgIpc) is 2.82. The summed E-state index contributed by atoms with van der Waals surface area (Å²) in [7, 11) is 4.05. The third-order valence-corrected chi connectivity index (χ3v) is 5.29. The molecule has 0 radical (unpaired) electrons. The summed E-state index contributed by atoms with van der Waals surface area (Å²) in [6.45, 7) is 0. The van der Waals surface area contributed by atoms with Gasteiger partial charge in [-0.1, -0.05) is 23.2 Å². The van der Waals surface area contributed by atoms with Crippen LogP contribution in [-0.4, -0.2) is 48.3 Å². The zero-order chi connectivity index (χ0) is 24.1. The van der Waals surface area contributed by atoms with Crippen molar-refractivity contribution in [3.63, 3.8) is 0 Å². The fourth-order valence-corrected chi connectivity index (χ4v) is 3.42. The van der Waals surface area contributed by atoms with Gasteiger partial charge in [-0.2, -0.15) is 0 Å². The second-order valence-corrected chi connectivity index (χ2v) is 7.34. The van der Waals surface area contributed by atoms with Crippen molar-refractivity contribution < 1.29 is 28.9 Å². The molecular formula is C23H18Cl2N2O6. The number of aromatic nitrogens is 2. The van der Waals surface area contributed by atoms with Crippen LogP contribution in [0.1, 0.15) is 20.7 Å². The number of nitrogens with zero attached hydrogens (tertiary/aromatic N) is 2. The molecule has 0 atom stereocenters. The molecule has 8 nitrogen and oxygen atoms in total. The number of fused-ring (bicyclic) bond motifs is 2. The Balaban J connectivity index is 0.000000186. The second-order valence-electron chi connectivity index (χ2n) is 6.52. The van der Waals surface area contributed by atoms with Gasteiger partial charge < -0.3 is 19.3 Å². The number of phenols is 1. The maximum atomic E-state index is 11.6. The van der Waals surface area contributed by atoms with Crippen LogP contribution in [0.25, 0.3) is 21.8 Å². The summed E-state index contributed by atoms with van der Waals surface area (Å²) in [5.41, 5.74) is 1.60.